The summed E-state index contributed by atoms with van der Waals surface area (Å²) in [7, 11) is 0. The molecule has 0 fully saturated rings. The van der Waals surface area contributed by atoms with Gasteiger partial charge in [-0.3, -0.25) is 0 Å². The zero-order valence-corrected chi connectivity index (χ0v) is 8.82. The average molecular weight is 231 g/mol. The van der Waals surface area contributed by atoms with Crippen molar-refractivity contribution >= 4 is 39.8 Å². The summed E-state index contributed by atoms with van der Waals surface area (Å²) in [6, 6.07) is 0. The second-order valence-electron chi connectivity index (χ2n) is 2.08. The normalized spacial score (nSPS) is 10.5. The number of nitrogens with zero attached hydrogens (tertiary/aromatic N) is 4. The van der Waals surface area contributed by atoms with E-state index >= 15 is 0 Å². The van der Waals surface area contributed by atoms with Crippen LogP contribution in [-0.4, -0.2) is 19.8 Å². The van der Waals surface area contributed by atoms with E-state index in [-0.39, 0.29) is 0 Å². The third-order valence-corrected chi connectivity index (χ3v) is 3.94. The highest BCUT2D eigenvalue weighted by molar-refractivity contribution is 8.00. The van der Waals surface area contributed by atoms with Crippen molar-refractivity contribution in [3.05, 3.63) is 11.1 Å². The van der Waals surface area contributed by atoms with Gasteiger partial charge in [0.05, 0.1) is 11.1 Å². The van der Waals surface area contributed by atoms with E-state index in [2.05, 4.69) is 19.8 Å². The van der Waals surface area contributed by atoms with Gasteiger partial charge in [-0.2, -0.15) is 0 Å². The van der Waals surface area contributed by atoms with Crippen LogP contribution in [0.25, 0.3) is 0 Å². The van der Waals surface area contributed by atoms with Gasteiger partial charge in [-0.25, -0.2) is 0 Å². The summed E-state index contributed by atoms with van der Waals surface area (Å²) >= 11 is 4.38. The highest BCUT2D eigenvalue weighted by atomic mass is 32.2. The molecule has 0 aliphatic carbocycles. The van der Waals surface area contributed by atoms with Crippen molar-refractivity contribution in [1.82, 2.24) is 19.8 Å². The highest BCUT2D eigenvalue weighted by Gasteiger charge is 2.03. The first-order chi connectivity index (χ1) is 6.34. The van der Waals surface area contributed by atoms with Crippen molar-refractivity contribution in [3.63, 3.8) is 0 Å². The molecule has 0 saturated heterocycles. The van der Waals surface area contributed by atoms with Gasteiger partial charge in [-0.15, -0.1) is 15.3 Å². The van der Waals surface area contributed by atoms with Crippen LogP contribution >= 0.6 is 34.6 Å². The van der Waals surface area contributed by atoms with Crippen molar-refractivity contribution in [1.29, 1.82) is 0 Å². The van der Waals surface area contributed by atoms with Crippen molar-refractivity contribution in [3.8, 4) is 0 Å². The zero-order chi connectivity index (χ0) is 9.10. The first kappa shape index (κ1) is 8.85. The van der Waals surface area contributed by atoms with Crippen LogP contribution in [0.5, 0.6) is 0 Å². The van der Waals surface area contributed by atoms with Crippen LogP contribution in [0.2, 0.25) is 0 Å². The second-order valence-corrected chi connectivity index (χ2v) is 5.18. The lowest BCUT2D eigenvalue weighted by Crippen LogP contribution is -1.79. The number of nitrogens with two attached hydrogens (primary N) is 1. The summed E-state index contributed by atoms with van der Waals surface area (Å²) < 4.78 is 4.64. The predicted molar refractivity (Wildman–Crippen MR) is 53.8 cm³/mol. The highest BCUT2D eigenvalue weighted by Crippen LogP contribution is 2.27. The topological polar surface area (TPSA) is 77.6 Å². The smallest absolute Gasteiger partial charge is 0.203 e. The van der Waals surface area contributed by atoms with Crippen molar-refractivity contribution in [2.75, 3.05) is 5.73 Å². The minimum atomic E-state index is 0.505. The summed E-state index contributed by atoms with van der Waals surface area (Å²) in [5, 5.41) is 11.8. The summed E-state index contributed by atoms with van der Waals surface area (Å²) in [6.45, 7) is 0. The molecule has 5 nitrogen and oxygen atoms in total. The molecule has 2 aromatic rings. The van der Waals surface area contributed by atoms with Gasteiger partial charge in [0, 0.05) is 5.75 Å². The van der Waals surface area contributed by atoms with Gasteiger partial charge >= 0.3 is 0 Å². The fourth-order valence-electron chi connectivity index (χ4n) is 0.663. The molecule has 68 valence electrons. The summed E-state index contributed by atoms with van der Waals surface area (Å²) in [5.41, 5.74) is 5.44. The molecule has 0 aliphatic rings. The van der Waals surface area contributed by atoms with E-state index in [4.69, 9.17) is 5.73 Å². The van der Waals surface area contributed by atoms with Gasteiger partial charge < -0.3 is 5.73 Å². The molecule has 0 unspecified atom stereocenters. The Morgan fingerprint density at radius 3 is 3.00 bits per heavy atom. The van der Waals surface area contributed by atoms with Crippen LogP contribution in [-0.2, 0) is 5.75 Å². The van der Waals surface area contributed by atoms with Crippen molar-refractivity contribution < 1.29 is 0 Å². The Hall–Kier alpha value is -0.730. The van der Waals surface area contributed by atoms with Gasteiger partial charge in [0.2, 0.25) is 5.13 Å². The Labute approximate surface area is 86.6 Å². The number of rotatable bonds is 3. The molecule has 0 atom stereocenters. The second kappa shape index (κ2) is 3.99. The van der Waals surface area contributed by atoms with Crippen LogP contribution in [0.3, 0.4) is 0 Å². The van der Waals surface area contributed by atoms with E-state index in [0.717, 1.165) is 15.0 Å². The van der Waals surface area contributed by atoms with Gasteiger partial charge in [0.15, 0.2) is 4.34 Å². The predicted octanol–water partition coefficient (Wildman–Crippen LogP) is 1.26. The number of hydrogen-bond donors (Lipinski definition) is 1. The monoisotopic (exact) mass is 231 g/mol. The molecule has 8 heteroatoms. The molecule has 0 spiro atoms. The first-order valence-electron chi connectivity index (χ1n) is 3.32. The molecular formula is C5H5N5S3. The van der Waals surface area contributed by atoms with Crippen LogP contribution in [0.1, 0.15) is 4.88 Å². The number of aromatic nitrogens is 4. The molecule has 0 aromatic carbocycles. The van der Waals surface area contributed by atoms with E-state index in [0.29, 0.717) is 5.13 Å². The van der Waals surface area contributed by atoms with E-state index in [1.54, 1.807) is 18.0 Å². The van der Waals surface area contributed by atoms with Crippen LogP contribution in [0.15, 0.2) is 10.5 Å². The Bertz CT molecular complexity index is 369. The molecule has 0 amide bonds. The number of hydrogen-bond acceptors (Lipinski definition) is 8. The molecule has 2 N–H and O–H groups in total. The first-order valence-corrected chi connectivity index (χ1v) is 5.90. The molecule has 2 rings (SSSR count). The fraction of sp³-hybridized carbons (Fsp3) is 0.200. The largest absolute Gasteiger partial charge is 0.374 e. The van der Waals surface area contributed by atoms with E-state index in [1.807, 2.05) is 0 Å². The standard InChI is InChI=1S/C5H5N5S3/c6-4-8-9-5(12-4)11-2-3-1-7-10-13-3/h1H,2H2,(H2,6,8). The molecule has 0 bridgehead atoms. The van der Waals surface area contributed by atoms with Crippen LogP contribution in [0.4, 0.5) is 5.13 Å². The summed E-state index contributed by atoms with van der Waals surface area (Å²) in [5.74, 6) is 0.826. The van der Waals surface area contributed by atoms with E-state index < -0.39 is 0 Å². The zero-order valence-electron chi connectivity index (χ0n) is 6.38. The maximum Gasteiger partial charge on any atom is 0.203 e. The molecule has 2 aromatic heterocycles. The molecular weight excluding hydrogens is 226 g/mol. The molecule has 13 heavy (non-hydrogen) atoms. The van der Waals surface area contributed by atoms with Gasteiger partial charge in [0.25, 0.3) is 0 Å². The number of nitrogen functional groups attached to an aromatic ring is 1. The molecule has 2 heterocycles. The van der Waals surface area contributed by atoms with Crippen molar-refractivity contribution in [2.45, 2.75) is 10.1 Å². The Morgan fingerprint density at radius 1 is 1.46 bits per heavy atom. The van der Waals surface area contributed by atoms with E-state index in [9.17, 15) is 0 Å². The molecule has 0 saturated carbocycles. The maximum absolute atomic E-state index is 5.44. The Morgan fingerprint density at radius 2 is 2.38 bits per heavy atom. The third kappa shape index (κ3) is 2.36. The summed E-state index contributed by atoms with van der Waals surface area (Å²) in [4.78, 5) is 1.12. The maximum atomic E-state index is 5.44. The average Bonchev–Trinajstić information content (AvgIpc) is 2.71. The SMILES string of the molecule is Nc1nnc(SCc2cnns2)s1. The van der Waals surface area contributed by atoms with E-state index in [1.165, 1.54) is 22.9 Å². The van der Waals surface area contributed by atoms with Gasteiger partial charge in [0.1, 0.15) is 0 Å². The number of thioether (sulfide) groups is 1. The lowest BCUT2D eigenvalue weighted by atomic mass is 10.6. The van der Waals surface area contributed by atoms with Gasteiger partial charge in [-0.05, 0) is 11.5 Å². The Balaban J connectivity index is 1.93. The molecule has 0 radical (unpaired) electrons. The minimum absolute atomic E-state index is 0.505. The minimum Gasteiger partial charge on any atom is -0.374 e. The summed E-state index contributed by atoms with van der Waals surface area (Å²) in [6.07, 6.45) is 1.75. The number of anilines is 1. The Kier molecular flexibility index (Phi) is 2.71. The lowest BCUT2D eigenvalue weighted by Gasteiger charge is -1.89. The lowest BCUT2D eigenvalue weighted by molar-refractivity contribution is 1.02. The van der Waals surface area contributed by atoms with Crippen LogP contribution < -0.4 is 5.73 Å². The third-order valence-electron chi connectivity index (χ3n) is 1.17. The fourth-order valence-corrected chi connectivity index (χ4v) is 2.79. The van der Waals surface area contributed by atoms with Crippen LogP contribution in [0, 0.1) is 0 Å². The van der Waals surface area contributed by atoms with Crippen molar-refractivity contribution in [2.24, 2.45) is 0 Å². The quantitative estimate of drug-likeness (QED) is 0.801. The van der Waals surface area contributed by atoms with Gasteiger partial charge in [-0.1, -0.05) is 27.6 Å². The molecule has 0 aliphatic heterocycles.